The van der Waals surface area contributed by atoms with E-state index in [4.69, 9.17) is 5.73 Å². The van der Waals surface area contributed by atoms with Crippen molar-refractivity contribution in [1.29, 1.82) is 0 Å². The third-order valence-electron chi connectivity index (χ3n) is 3.43. The number of hydrogen-bond donors (Lipinski definition) is 1. The molecular weight excluding hydrogens is 332 g/mol. The van der Waals surface area contributed by atoms with Crippen molar-refractivity contribution >= 4 is 27.3 Å². The van der Waals surface area contributed by atoms with Gasteiger partial charge in [0.2, 0.25) is 0 Å². The Morgan fingerprint density at radius 3 is 2.65 bits per heavy atom. The number of nitrogens with two attached hydrogens (primary N) is 1. The number of rotatable bonds is 7. The van der Waals surface area contributed by atoms with Gasteiger partial charge in [-0.05, 0) is 47.4 Å². The summed E-state index contributed by atoms with van der Waals surface area (Å²) in [6.07, 6.45) is 1.03. The largest absolute Gasteiger partial charge is 0.330 e. The Hall–Kier alpha value is -0.680. The molecule has 0 bridgehead atoms. The molecule has 1 heterocycles. The van der Waals surface area contributed by atoms with Crippen LogP contribution in [0.1, 0.15) is 29.8 Å². The molecule has 108 valence electrons. The summed E-state index contributed by atoms with van der Waals surface area (Å²) in [5, 5.41) is 2.15. The van der Waals surface area contributed by atoms with Crippen LogP contribution in [-0.4, -0.2) is 18.0 Å². The Kier molecular flexibility index (Phi) is 6.23. The lowest BCUT2D eigenvalue weighted by atomic mass is 10.1. The number of benzene rings is 1. The van der Waals surface area contributed by atoms with Crippen LogP contribution in [-0.2, 0) is 6.54 Å². The van der Waals surface area contributed by atoms with Gasteiger partial charge in [-0.2, -0.15) is 0 Å². The van der Waals surface area contributed by atoms with E-state index >= 15 is 0 Å². The van der Waals surface area contributed by atoms with Gasteiger partial charge in [-0.25, -0.2) is 0 Å². The minimum Gasteiger partial charge on any atom is -0.330 e. The van der Waals surface area contributed by atoms with Crippen molar-refractivity contribution in [3.63, 3.8) is 0 Å². The number of nitrogens with zero attached hydrogens (tertiary/aromatic N) is 1. The third kappa shape index (κ3) is 4.42. The average Bonchev–Trinajstić information content (AvgIpc) is 2.90. The highest BCUT2D eigenvalue weighted by atomic mass is 79.9. The first kappa shape index (κ1) is 15.7. The van der Waals surface area contributed by atoms with E-state index in [1.807, 2.05) is 11.3 Å². The summed E-state index contributed by atoms with van der Waals surface area (Å²) in [4.78, 5) is 3.89. The first-order valence-corrected chi connectivity index (χ1v) is 8.60. The highest BCUT2D eigenvalue weighted by Crippen LogP contribution is 2.30. The highest BCUT2D eigenvalue weighted by Gasteiger charge is 2.17. The highest BCUT2D eigenvalue weighted by molar-refractivity contribution is 9.10. The van der Waals surface area contributed by atoms with E-state index in [1.54, 1.807) is 0 Å². The van der Waals surface area contributed by atoms with E-state index in [-0.39, 0.29) is 0 Å². The summed E-state index contributed by atoms with van der Waals surface area (Å²) >= 11 is 5.35. The molecule has 1 aromatic carbocycles. The van der Waals surface area contributed by atoms with Gasteiger partial charge in [-0.1, -0.05) is 30.3 Å². The Morgan fingerprint density at radius 2 is 2.05 bits per heavy atom. The predicted octanol–water partition coefficient (Wildman–Crippen LogP) is 4.42. The van der Waals surface area contributed by atoms with E-state index in [0.717, 1.165) is 26.1 Å². The molecule has 20 heavy (non-hydrogen) atoms. The van der Waals surface area contributed by atoms with Gasteiger partial charge in [0, 0.05) is 33.9 Å². The number of hydrogen-bond acceptors (Lipinski definition) is 3. The van der Waals surface area contributed by atoms with Gasteiger partial charge in [-0.15, -0.1) is 11.3 Å². The van der Waals surface area contributed by atoms with Crippen LogP contribution >= 0.6 is 27.3 Å². The normalized spacial score (nSPS) is 12.8. The summed E-state index contributed by atoms with van der Waals surface area (Å²) in [5.41, 5.74) is 7.04. The molecule has 2 aromatic rings. The van der Waals surface area contributed by atoms with Crippen molar-refractivity contribution in [3.8, 4) is 0 Å². The van der Waals surface area contributed by atoms with Gasteiger partial charge in [0.25, 0.3) is 0 Å². The Labute approximate surface area is 133 Å². The Balaban J connectivity index is 2.10. The second-order valence-corrected chi connectivity index (χ2v) is 6.80. The zero-order chi connectivity index (χ0) is 14.4. The van der Waals surface area contributed by atoms with E-state index in [2.05, 4.69) is 69.5 Å². The van der Waals surface area contributed by atoms with Crippen LogP contribution < -0.4 is 5.73 Å². The van der Waals surface area contributed by atoms with E-state index < -0.39 is 0 Å². The maximum absolute atomic E-state index is 5.68. The molecule has 0 saturated heterocycles. The first-order valence-electron chi connectivity index (χ1n) is 6.92. The summed E-state index contributed by atoms with van der Waals surface area (Å²) in [5.74, 6) is 0. The fourth-order valence-electron chi connectivity index (χ4n) is 2.25. The second kappa shape index (κ2) is 7.93. The standard InChI is InChI=1S/C16H21BrN2S/c1-13(16-10-15(17)12-20-16)19(9-5-8-18)11-14-6-3-2-4-7-14/h2-4,6-7,10,12-13H,5,8-9,11,18H2,1H3. The van der Waals surface area contributed by atoms with Crippen molar-refractivity contribution in [2.24, 2.45) is 5.73 Å². The van der Waals surface area contributed by atoms with Gasteiger partial charge in [0.05, 0.1) is 0 Å². The van der Waals surface area contributed by atoms with Crippen molar-refractivity contribution in [2.45, 2.75) is 25.9 Å². The van der Waals surface area contributed by atoms with Crippen molar-refractivity contribution in [1.82, 2.24) is 4.90 Å². The van der Waals surface area contributed by atoms with E-state index in [1.165, 1.54) is 14.9 Å². The van der Waals surface area contributed by atoms with Crippen LogP contribution in [0, 0.1) is 0 Å². The maximum Gasteiger partial charge on any atom is 0.0417 e. The molecule has 0 amide bonds. The molecule has 0 radical (unpaired) electrons. The summed E-state index contributed by atoms with van der Waals surface area (Å²) in [6.45, 7) is 5.02. The summed E-state index contributed by atoms with van der Waals surface area (Å²) in [7, 11) is 0. The fourth-order valence-corrected chi connectivity index (χ4v) is 3.79. The van der Waals surface area contributed by atoms with Crippen molar-refractivity contribution in [2.75, 3.05) is 13.1 Å². The molecule has 0 aliphatic heterocycles. The van der Waals surface area contributed by atoms with Gasteiger partial charge >= 0.3 is 0 Å². The lowest BCUT2D eigenvalue weighted by Gasteiger charge is -2.28. The van der Waals surface area contributed by atoms with Gasteiger partial charge in [0.15, 0.2) is 0 Å². The monoisotopic (exact) mass is 352 g/mol. The number of thiophene rings is 1. The van der Waals surface area contributed by atoms with Crippen molar-refractivity contribution < 1.29 is 0 Å². The molecule has 0 aliphatic rings. The molecule has 1 unspecified atom stereocenters. The molecule has 2 nitrogen and oxygen atoms in total. The lowest BCUT2D eigenvalue weighted by Crippen LogP contribution is -2.28. The second-order valence-electron chi connectivity index (χ2n) is 4.94. The molecule has 0 saturated carbocycles. The Morgan fingerprint density at radius 1 is 1.30 bits per heavy atom. The van der Waals surface area contributed by atoms with Crippen LogP contribution in [0.4, 0.5) is 0 Å². The molecule has 2 rings (SSSR count). The molecule has 1 aromatic heterocycles. The quantitative estimate of drug-likeness (QED) is 0.798. The minimum absolute atomic E-state index is 0.415. The third-order valence-corrected chi connectivity index (χ3v) is 5.29. The van der Waals surface area contributed by atoms with Gasteiger partial charge < -0.3 is 5.73 Å². The summed E-state index contributed by atoms with van der Waals surface area (Å²) < 4.78 is 1.17. The molecule has 1 atom stereocenters. The van der Waals surface area contributed by atoms with Crippen LogP contribution in [0.5, 0.6) is 0 Å². The van der Waals surface area contributed by atoms with Crippen LogP contribution in [0.15, 0.2) is 46.3 Å². The van der Waals surface area contributed by atoms with E-state index in [0.29, 0.717) is 6.04 Å². The number of halogens is 1. The average molecular weight is 353 g/mol. The molecular formula is C16H21BrN2S. The van der Waals surface area contributed by atoms with Gasteiger partial charge in [0.1, 0.15) is 0 Å². The van der Waals surface area contributed by atoms with Crippen LogP contribution in [0.25, 0.3) is 0 Å². The first-order chi connectivity index (χ1) is 9.70. The van der Waals surface area contributed by atoms with Crippen molar-refractivity contribution in [3.05, 3.63) is 56.7 Å². The lowest BCUT2D eigenvalue weighted by molar-refractivity contribution is 0.203. The molecule has 0 spiro atoms. The van der Waals surface area contributed by atoms with E-state index in [9.17, 15) is 0 Å². The summed E-state index contributed by atoms with van der Waals surface area (Å²) in [6, 6.07) is 13.3. The van der Waals surface area contributed by atoms with Crippen LogP contribution in [0.2, 0.25) is 0 Å². The molecule has 0 fully saturated rings. The zero-order valence-electron chi connectivity index (χ0n) is 11.8. The molecule has 2 N–H and O–H groups in total. The Bertz CT molecular complexity index is 512. The predicted molar refractivity (Wildman–Crippen MR) is 91.0 cm³/mol. The smallest absolute Gasteiger partial charge is 0.0417 e. The minimum atomic E-state index is 0.415. The molecule has 0 aliphatic carbocycles. The fraction of sp³-hybridized carbons (Fsp3) is 0.375. The SMILES string of the molecule is CC(c1cc(Br)cs1)N(CCCN)Cc1ccccc1. The zero-order valence-corrected chi connectivity index (χ0v) is 14.2. The molecule has 4 heteroatoms. The van der Waals surface area contributed by atoms with Crippen LogP contribution in [0.3, 0.4) is 0 Å². The topological polar surface area (TPSA) is 29.3 Å². The maximum atomic E-state index is 5.68. The van der Waals surface area contributed by atoms with Gasteiger partial charge in [-0.3, -0.25) is 4.90 Å².